The van der Waals surface area contributed by atoms with Crippen LogP contribution in [0.1, 0.15) is 81.4 Å². The minimum atomic E-state index is -0.963. The zero-order valence-electron chi connectivity index (χ0n) is 29.6. The van der Waals surface area contributed by atoms with Crippen molar-refractivity contribution in [2.24, 2.45) is 22.8 Å². The van der Waals surface area contributed by atoms with Crippen molar-refractivity contribution in [2.45, 2.75) is 88.8 Å². The number of hydrogen-bond acceptors (Lipinski definition) is 7. The average Bonchev–Trinajstić information content (AvgIpc) is 3.14. The van der Waals surface area contributed by atoms with Crippen molar-refractivity contribution >= 4 is 28.6 Å². The van der Waals surface area contributed by atoms with Crippen LogP contribution in [0.3, 0.4) is 0 Å². The summed E-state index contributed by atoms with van der Waals surface area (Å²) in [6.07, 6.45) is 6.42. The molecule has 0 bridgehead atoms. The molecular weight excluding hydrogens is 658 g/mol. The van der Waals surface area contributed by atoms with Gasteiger partial charge in [0.25, 0.3) is 0 Å². The molecule has 11 nitrogen and oxygen atoms in total. The van der Waals surface area contributed by atoms with Gasteiger partial charge in [0.15, 0.2) is 0 Å². The highest BCUT2D eigenvalue weighted by Crippen LogP contribution is 2.43. The third-order valence-electron chi connectivity index (χ3n) is 11.5. The second kappa shape index (κ2) is 16.3. The molecule has 6 rings (SSSR count). The van der Waals surface area contributed by atoms with E-state index in [2.05, 4.69) is 16.4 Å². The lowest BCUT2D eigenvalue weighted by Gasteiger charge is -2.38. The fraction of sp³-hybridized carbons (Fsp3) is 0.439. The van der Waals surface area contributed by atoms with Gasteiger partial charge in [0.05, 0.1) is 17.3 Å². The average molecular weight is 710 g/mol. The van der Waals surface area contributed by atoms with E-state index in [0.717, 1.165) is 61.6 Å². The minimum Gasteiger partial charge on any atom is -0.506 e. The van der Waals surface area contributed by atoms with Crippen LogP contribution < -0.4 is 27.2 Å². The maximum absolute atomic E-state index is 12.9. The van der Waals surface area contributed by atoms with Gasteiger partial charge in [-0.05, 0) is 118 Å². The number of carbonyl (C=O) groups is 2. The molecule has 9 N–H and O–H groups in total. The molecule has 1 aromatic heterocycles. The highest BCUT2D eigenvalue weighted by atomic mass is 16.4. The molecule has 0 spiro atoms. The van der Waals surface area contributed by atoms with Crippen LogP contribution in [0.25, 0.3) is 22.0 Å². The van der Waals surface area contributed by atoms with E-state index >= 15 is 0 Å². The fourth-order valence-corrected chi connectivity index (χ4v) is 8.38. The first-order valence-corrected chi connectivity index (χ1v) is 18.5. The first kappa shape index (κ1) is 37.1. The number of aryl methyl sites for hydroxylation is 1. The number of nitrogens with two attached hydrogens (primary N) is 2. The summed E-state index contributed by atoms with van der Waals surface area (Å²) in [6.45, 7) is 0.984. The molecule has 2 aliphatic rings. The van der Waals surface area contributed by atoms with Gasteiger partial charge in [0.1, 0.15) is 5.75 Å². The summed E-state index contributed by atoms with van der Waals surface area (Å²) in [5.74, 6) is 0.0178. The van der Waals surface area contributed by atoms with E-state index in [1.54, 1.807) is 17.0 Å². The molecule has 1 atom stereocenters. The van der Waals surface area contributed by atoms with Crippen molar-refractivity contribution in [3.05, 3.63) is 94.3 Å². The number of pyridine rings is 1. The van der Waals surface area contributed by atoms with Gasteiger partial charge in [-0.15, -0.1) is 0 Å². The van der Waals surface area contributed by atoms with Gasteiger partial charge in [-0.25, -0.2) is 4.79 Å². The molecule has 276 valence electrons. The monoisotopic (exact) mass is 709 g/mol. The summed E-state index contributed by atoms with van der Waals surface area (Å²) >= 11 is 0. The second-order valence-corrected chi connectivity index (χ2v) is 14.8. The maximum Gasteiger partial charge on any atom is 0.412 e. The van der Waals surface area contributed by atoms with Crippen molar-refractivity contribution in [3.8, 4) is 16.9 Å². The molecule has 2 saturated carbocycles. The van der Waals surface area contributed by atoms with Crippen LogP contribution in [-0.4, -0.2) is 57.5 Å². The Labute approximate surface area is 304 Å². The number of aromatic amines is 1. The normalized spacial score (nSPS) is 22.5. The van der Waals surface area contributed by atoms with E-state index in [4.69, 9.17) is 11.5 Å². The SMILES string of the molecule is NC(=O)C1(CCCc2ccc(-c3ccccc3)c(N(C(=O)O)C3CCC(N)CC3)c2)CCC(CNC[C@@H](O)c2ccc(O)c3[nH]c(=O)ccc23)CC1. The molecule has 11 heteroatoms. The number of nitrogens with one attached hydrogen (secondary N) is 2. The van der Waals surface area contributed by atoms with Crippen molar-refractivity contribution < 1.29 is 24.9 Å². The zero-order chi connectivity index (χ0) is 36.8. The van der Waals surface area contributed by atoms with E-state index < -0.39 is 17.6 Å². The van der Waals surface area contributed by atoms with Crippen molar-refractivity contribution in [1.82, 2.24) is 10.3 Å². The smallest absolute Gasteiger partial charge is 0.412 e. The van der Waals surface area contributed by atoms with E-state index in [1.165, 1.54) is 12.1 Å². The Morgan fingerprint density at radius 3 is 2.38 bits per heavy atom. The van der Waals surface area contributed by atoms with Crippen LogP contribution in [-0.2, 0) is 11.2 Å². The van der Waals surface area contributed by atoms with Gasteiger partial charge >= 0.3 is 6.09 Å². The van der Waals surface area contributed by atoms with E-state index in [1.807, 2.05) is 42.5 Å². The largest absolute Gasteiger partial charge is 0.506 e. The summed E-state index contributed by atoms with van der Waals surface area (Å²) in [4.78, 5) is 41.6. The maximum atomic E-state index is 12.9. The summed E-state index contributed by atoms with van der Waals surface area (Å²) in [7, 11) is 0. The highest BCUT2D eigenvalue weighted by Gasteiger charge is 2.40. The molecule has 2 amide bonds. The molecule has 0 radical (unpaired) electrons. The zero-order valence-corrected chi connectivity index (χ0v) is 29.6. The lowest BCUT2D eigenvalue weighted by Crippen LogP contribution is -2.44. The molecule has 2 fully saturated rings. The van der Waals surface area contributed by atoms with Crippen molar-refractivity contribution in [2.75, 3.05) is 18.0 Å². The highest BCUT2D eigenvalue weighted by molar-refractivity contribution is 5.94. The standard InChI is InChI=1S/C41H51N5O6/c42-29-9-11-30(12-10-29)46(40(51)52)34-23-26(8-13-31(34)28-6-2-1-3-7-28)5-4-20-41(39(43)50)21-18-27(19-22-41)24-44-25-36(48)32-14-16-35(47)38-33(32)15-17-37(49)45-38/h1-3,6-8,13-17,23,27,29-30,36,44,47-48H,4-5,9-12,18-22,24-25,42H2,(H2,43,50)(H,45,49)(H,51,52)/t27?,29?,30?,36-,41?/m1/s1. The number of amides is 2. The molecule has 0 saturated heterocycles. The van der Waals surface area contributed by atoms with E-state index in [-0.39, 0.29) is 29.3 Å². The Morgan fingerprint density at radius 1 is 0.962 bits per heavy atom. The van der Waals surface area contributed by atoms with Gasteiger partial charge in [0.2, 0.25) is 11.5 Å². The predicted octanol–water partition coefficient (Wildman–Crippen LogP) is 5.96. The molecule has 4 aromatic rings. The van der Waals surface area contributed by atoms with Crippen molar-refractivity contribution in [3.63, 3.8) is 0 Å². The van der Waals surface area contributed by atoms with Crippen LogP contribution in [0, 0.1) is 11.3 Å². The fourth-order valence-electron chi connectivity index (χ4n) is 8.38. The quantitative estimate of drug-likeness (QED) is 0.0883. The number of aliphatic hydroxyl groups is 1. The Bertz CT molecular complexity index is 1910. The molecule has 52 heavy (non-hydrogen) atoms. The number of aromatic nitrogens is 1. The third-order valence-corrected chi connectivity index (χ3v) is 11.5. The van der Waals surface area contributed by atoms with Gasteiger partial charge in [0, 0.05) is 41.1 Å². The first-order valence-electron chi connectivity index (χ1n) is 18.5. The molecule has 1 heterocycles. The molecule has 0 unspecified atom stereocenters. The molecule has 2 aliphatic carbocycles. The van der Waals surface area contributed by atoms with Gasteiger partial charge in [-0.2, -0.15) is 0 Å². The van der Waals surface area contributed by atoms with Crippen LogP contribution in [0.15, 0.2) is 77.6 Å². The number of anilines is 1. The number of benzene rings is 3. The summed E-state index contributed by atoms with van der Waals surface area (Å²) in [5, 5.41) is 35.5. The van der Waals surface area contributed by atoms with Crippen LogP contribution >= 0.6 is 0 Å². The number of H-pyrrole nitrogens is 1. The van der Waals surface area contributed by atoms with Gasteiger partial charge in [-0.1, -0.05) is 48.5 Å². The Balaban J connectivity index is 1.07. The van der Waals surface area contributed by atoms with Gasteiger partial charge < -0.3 is 37.1 Å². The summed E-state index contributed by atoms with van der Waals surface area (Å²) in [5.41, 5.74) is 15.8. The topological polar surface area (TPSA) is 195 Å². The number of phenols is 1. The molecule has 0 aliphatic heterocycles. The van der Waals surface area contributed by atoms with E-state index in [9.17, 15) is 29.7 Å². The lowest BCUT2D eigenvalue weighted by molar-refractivity contribution is -0.130. The number of nitrogens with zero attached hydrogens (tertiary/aromatic N) is 1. The Morgan fingerprint density at radius 2 is 1.69 bits per heavy atom. The van der Waals surface area contributed by atoms with Gasteiger partial charge in [-0.3, -0.25) is 14.5 Å². The minimum absolute atomic E-state index is 0.0482. The number of carbonyl (C=O) groups excluding carboxylic acids is 1. The number of primary amides is 1. The second-order valence-electron chi connectivity index (χ2n) is 14.8. The summed E-state index contributed by atoms with van der Waals surface area (Å²) in [6, 6.07) is 22.1. The van der Waals surface area contributed by atoms with Crippen molar-refractivity contribution in [1.29, 1.82) is 0 Å². The Hall–Kier alpha value is -4.71. The summed E-state index contributed by atoms with van der Waals surface area (Å²) < 4.78 is 0. The third kappa shape index (κ3) is 8.33. The number of aliphatic hydroxyl groups excluding tert-OH is 1. The number of hydrogen-bond donors (Lipinski definition) is 7. The number of fused-ring (bicyclic) bond motifs is 1. The number of carboxylic acid groups (broad SMARTS) is 1. The van der Waals surface area contributed by atoms with Crippen LogP contribution in [0.4, 0.5) is 10.5 Å². The molecular formula is C41H51N5O6. The lowest BCUT2D eigenvalue weighted by atomic mass is 9.67. The Kier molecular flexibility index (Phi) is 11.6. The predicted molar refractivity (Wildman–Crippen MR) is 203 cm³/mol. The van der Waals surface area contributed by atoms with Crippen LogP contribution in [0.2, 0.25) is 0 Å². The van der Waals surface area contributed by atoms with E-state index in [0.29, 0.717) is 66.8 Å². The number of aromatic hydroxyl groups is 1. The number of rotatable bonds is 13. The first-order chi connectivity index (χ1) is 25.0. The number of phenolic OH excluding ortho intramolecular Hbond substituents is 1. The van der Waals surface area contributed by atoms with Crippen LogP contribution in [0.5, 0.6) is 5.75 Å². The molecule has 3 aromatic carbocycles.